The van der Waals surface area contributed by atoms with Crippen molar-refractivity contribution in [1.29, 1.82) is 0 Å². The van der Waals surface area contributed by atoms with Gasteiger partial charge in [0.15, 0.2) is 0 Å². The highest BCUT2D eigenvalue weighted by atomic mass is 16.6. The topological polar surface area (TPSA) is 29.5 Å². The van der Waals surface area contributed by atoms with Gasteiger partial charge in [-0.05, 0) is 13.3 Å². The van der Waals surface area contributed by atoms with Crippen molar-refractivity contribution < 1.29 is 9.84 Å². The molecule has 0 aromatic carbocycles. The summed E-state index contributed by atoms with van der Waals surface area (Å²) in [6, 6.07) is 0. The van der Waals surface area contributed by atoms with Crippen molar-refractivity contribution in [3.63, 3.8) is 0 Å². The van der Waals surface area contributed by atoms with E-state index in [0.29, 0.717) is 6.61 Å². The first kappa shape index (κ1) is 7.03. The molecule has 0 amide bonds. The molecule has 0 aromatic rings. The maximum Gasteiger partial charge on any atom is 0.114 e. The van der Waals surface area contributed by atoms with Gasteiger partial charge >= 0.3 is 0 Å². The van der Waals surface area contributed by atoms with Crippen LogP contribution in [-0.2, 0) is 4.74 Å². The highest BCUT2D eigenvalue weighted by Crippen LogP contribution is 2.29. The summed E-state index contributed by atoms with van der Waals surface area (Å²) in [6.45, 7) is 4.52. The average Bonchev–Trinajstić information content (AvgIpc) is 1.86. The summed E-state index contributed by atoms with van der Waals surface area (Å²) in [5, 5.41) is 9.55. The van der Waals surface area contributed by atoms with Crippen molar-refractivity contribution >= 4 is 0 Å². The SMILES string of the molecule is CCCC1(O)COC1C. The number of ether oxygens (including phenoxy) is 1. The Morgan fingerprint density at radius 1 is 1.78 bits per heavy atom. The molecular formula is C7H14O2. The van der Waals surface area contributed by atoms with Gasteiger partial charge < -0.3 is 9.84 Å². The van der Waals surface area contributed by atoms with Gasteiger partial charge in [0.05, 0.1) is 12.7 Å². The molecule has 1 aliphatic heterocycles. The van der Waals surface area contributed by atoms with Crippen molar-refractivity contribution in [1.82, 2.24) is 0 Å². The maximum absolute atomic E-state index is 9.55. The summed E-state index contributed by atoms with van der Waals surface area (Å²) in [5.74, 6) is 0. The lowest BCUT2D eigenvalue weighted by molar-refractivity contribution is -0.232. The third-order valence-electron chi connectivity index (χ3n) is 2.02. The van der Waals surface area contributed by atoms with E-state index in [4.69, 9.17) is 4.74 Å². The van der Waals surface area contributed by atoms with Gasteiger partial charge in [-0.25, -0.2) is 0 Å². The largest absolute Gasteiger partial charge is 0.385 e. The number of hydrogen-bond acceptors (Lipinski definition) is 2. The minimum Gasteiger partial charge on any atom is -0.385 e. The molecule has 0 aromatic heterocycles. The van der Waals surface area contributed by atoms with Crippen LogP contribution in [0.2, 0.25) is 0 Å². The zero-order valence-electron chi connectivity index (χ0n) is 6.05. The van der Waals surface area contributed by atoms with Crippen molar-refractivity contribution in [3.8, 4) is 0 Å². The number of aliphatic hydroxyl groups is 1. The first-order valence-electron chi connectivity index (χ1n) is 3.53. The van der Waals surface area contributed by atoms with Crippen molar-refractivity contribution in [3.05, 3.63) is 0 Å². The highest BCUT2D eigenvalue weighted by Gasteiger charge is 2.42. The fourth-order valence-electron chi connectivity index (χ4n) is 1.15. The normalized spacial score (nSPS) is 42.3. The molecule has 1 aliphatic rings. The van der Waals surface area contributed by atoms with Crippen molar-refractivity contribution in [2.45, 2.75) is 38.4 Å². The molecule has 9 heavy (non-hydrogen) atoms. The number of rotatable bonds is 2. The van der Waals surface area contributed by atoms with Crippen LogP contribution in [0, 0.1) is 0 Å². The lowest BCUT2D eigenvalue weighted by Gasteiger charge is -2.43. The molecule has 0 spiro atoms. The van der Waals surface area contributed by atoms with E-state index in [9.17, 15) is 5.11 Å². The quantitative estimate of drug-likeness (QED) is 0.602. The standard InChI is InChI=1S/C7H14O2/c1-3-4-7(8)5-9-6(7)2/h6,8H,3-5H2,1-2H3. The first-order chi connectivity index (χ1) is 4.19. The lowest BCUT2D eigenvalue weighted by atomic mass is 9.89. The van der Waals surface area contributed by atoms with E-state index in [-0.39, 0.29) is 6.10 Å². The van der Waals surface area contributed by atoms with Crippen LogP contribution in [-0.4, -0.2) is 23.4 Å². The molecule has 0 bridgehead atoms. The van der Waals surface area contributed by atoms with Gasteiger partial charge in [0.1, 0.15) is 5.60 Å². The van der Waals surface area contributed by atoms with Crippen LogP contribution in [0.1, 0.15) is 26.7 Å². The van der Waals surface area contributed by atoms with Gasteiger partial charge in [-0.1, -0.05) is 13.3 Å². The van der Waals surface area contributed by atoms with E-state index < -0.39 is 5.60 Å². The fourth-order valence-corrected chi connectivity index (χ4v) is 1.15. The van der Waals surface area contributed by atoms with Crippen LogP contribution in [0.3, 0.4) is 0 Å². The minimum atomic E-state index is -0.491. The Morgan fingerprint density at radius 3 is 2.56 bits per heavy atom. The summed E-state index contributed by atoms with van der Waals surface area (Å²) in [4.78, 5) is 0. The van der Waals surface area contributed by atoms with Crippen LogP contribution in [0.4, 0.5) is 0 Å². The molecule has 2 heteroatoms. The third kappa shape index (κ3) is 1.10. The Hall–Kier alpha value is -0.0800. The summed E-state index contributed by atoms with van der Waals surface area (Å²) < 4.78 is 5.05. The zero-order valence-corrected chi connectivity index (χ0v) is 6.05. The van der Waals surface area contributed by atoms with E-state index in [0.717, 1.165) is 12.8 Å². The second-order valence-corrected chi connectivity index (χ2v) is 2.81. The maximum atomic E-state index is 9.55. The molecule has 2 nitrogen and oxygen atoms in total. The zero-order chi connectivity index (χ0) is 6.91. The van der Waals surface area contributed by atoms with Gasteiger partial charge in [0.25, 0.3) is 0 Å². The van der Waals surface area contributed by atoms with Gasteiger partial charge in [-0.2, -0.15) is 0 Å². The van der Waals surface area contributed by atoms with E-state index in [2.05, 4.69) is 6.92 Å². The Labute approximate surface area is 55.8 Å². The summed E-state index contributed by atoms with van der Waals surface area (Å²) in [5.41, 5.74) is -0.491. The summed E-state index contributed by atoms with van der Waals surface area (Å²) >= 11 is 0. The monoisotopic (exact) mass is 130 g/mol. The highest BCUT2D eigenvalue weighted by molar-refractivity contribution is 4.91. The first-order valence-corrected chi connectivity index (χ1v) is 3.53. The van der Waals surface area contributed by atoms with Crippen molar-refractivity contribution in [2.24, 2.45) is 0 Å². The van der Waals surface area contributed by atoms with E-state index in [1.54, 1.807) is 0 Å². The van der Waals surface area contributed by atoms with E-state index >= 15 is 0 Å². The summed E-state index contributed by atoms with van der Waals surface area (Å²) in [6.07, 6.45) is 1.95. The van der Waals surface area contributed by atoms with Crippen LogP contribution in [0.5, 0.6) is 0 Å². The number of hydrogen-bond donors (Lipinski definition) is 1. The molecule has 1 rings (SSSR count). The molecule has 2 unspecified atom stereocenters. The van der Waals surface area contributed by atoms with Gasteiger partial charge in [-0.15, -0.1) is 0 Å². The van der Waals surface area contributed by atoms with E-state index in [1.165, 1.54) is 0 Å². The molecule has 1 N–H and O–H groups in total. The Morgan fingerprint density at radius 2 is 2.44 bits per heavy atom. The van der Waals surface area contributed by atoms with Gasteiger partial charge in [0.2, 0.25) is 0 Å². The second kappa shape index (κ2) is 2.27. The molecule has 54 valence electrons. The smallest absolute Gasteiger partial charge is 0.114 e. The molecule has 0 saturated carbocycles. The molecule has 0 radical (unpaired) electrons. The van der Waals surface area contributed by atoms with Gasteiger partial charge in [0, 0.05) is 0 Å². The molecule has 1 saturated heterocycles. The molecule has 1 heterocycles. The predicted octanol–water partition coefficient (Wildman–Crippen LogP) is 0.936. The average molecular weight is 130 g/mol. The third-order valence-corrected chi connectivity index (χ3v) is 2.02. The van der Waals surface area contributed by atoms with Crippen LogP contribution in [0.25, 0.3) is 0 Å². The minimum absolute atomic E-state index is 0.0532. The molecule has 1 fully saturated rings. The molecule has 2 atom stereocenters. The molecular weight excluding hydrogens is 116 g/mol. The Kier molecular flexibility index (Phi) is 1.78. The fraction of sp³-hybridized carbons (Fsp3) is 1.00. The molecule has 0 aliphatic carbocycles. The van der Waals surface area contributed by atoms with Crippen LogP contribution in [0.15, 0.2) is 0 Å². The predicted molar refractivity (Wildman–Crippen MR) is 35.3 cm³/mol. The van der Waals surface area contributed by atoms with E-state index in [1.807, 2.05) is 6.92 Å². The summed E-state index contributed by atoms with van der Waals surface area (Å²) in [7, 11) is 0. The van der Waals surface area contributed by atoms with Gasteiger partial charge in [-0.3, -0.25) is 0 Å². The van der Waals surface area contributed by atoms with Crippen molar-refractivity contribution in [2.75, 3.05) is 6.61 Å². The van der Waals surface area contributed by atoms with Crippen LogP contribution < -0.4 is 0 Å². The Balaban J connectivity index is 2.34. The van der Waals surface area contributed by atoms with Crippen LogP contribution >= 0.6 is 0 Å². The Bertz CT molecular complexity index is 103. The second-order valence-electron chi connectivity index (χ2n) is 2.81. The lowest BCUT2D eigenvalue weighted by Crippen LogP contribution is -2.56.